The van der Waals surface area contributed by atoms with Gasteiger partial charge < -0.3 is 9.64 Å². The molecule has 2 aromatic carbocycles. The normalized spacial score (nSPS) is 17.9. The van der Waals surface area contributed by atoms with Crippen LogP contribution in [0.4, 0.5) is 22.4 Å². The zero-order chi connectivity index (χ0) is 25.2. The van der Waals surface area contributed by atoms with Gasteiger partial charge in [-0.2, -0.15) is 13.2 Å². The number of benzene rings is 2. The third kappa shape index (κ3) is 5.53. The smallest absolute Gasteiger partial charge is 0.417 e. The number of halogens is 4. The summed E-state index contributed by atoms with van der Waals surface area (Å²) in [6.45, 7) is 5.89. The predicted octanol–water partition coefficient (Wildman–Crippen LogP) is 6.76. The second-order valence-electron chi connectivity index (χ2n) is 8.88. The maximum absolute atomic E-state index is 13.5. The summed E-state index contributed by atoms with van der Waals surface area (Å²) in [4.78, 5) is 18.4. The van der Waals surface area contributed by atoms with Gasteiger partial charge in [-0.1, -0.05) is 43.8 Å². The molecule has 0 N–H and O–H groups in total. The molecule has 0 aliphatic carbocycles. The van der Waals surface area contributed by atoms with Crippen LogP contribution in [0.2, 0.25) is 0 Å². The maximum Gasteiger partial charge on any atom is 0.417 e. The van der Waals surface area contributed by atoms with E-state index in [1.54, 1.807) is 11.0 Å². The molecule has 0 spiro atoms. The molecule has 0 saturated carbocycles. The molecule has 0 bridgehead atoms. The summed E-state index contributed by atoms with van der Waals surface area (Å²) in [5.41, 5.74) is 0.190. The van der Waals surface area contributed by atoms with Gasteiger partial charge in [0.2, 0.25) is 0 Å². The summed E-state index contributed by atoms with van der Waals surface area (Å²) < 4.78 is 59.2. The number of rotatable bonds is 5. The summed E-state index contributed by atoms with van der Waals surface area (Å²) in [5, 5.41) is 0. The standard InChI is InChI=1S/C27H24F4N2O2/c1-18(27(29,30)31)23-14-21(15-24(32-23)20-8-10-22(28)11-9-20)26(2)12-13-33(17-26)25(34)35-16-19-6-4-3-5-7-19/h3-11,14-15H,1,12-13,16-17H2,2H3. The number of alkyl halides is 3. The summed E-state index contributed by atoms with van der Waals surface area (Å²) in [6.07, 6.45) is -4.61. The molecule has 3 aromatic rings. The highest BCUT2D eigenvalue weighted by atomic mass is 19.4. The lowest BCUT2D eigenvalue weighted by molar-refractivity contribution is -0.0689. The van der Waals surface area contributed by atoms with Gasteiger partial charge in [0.25, 0.3) is 0 Å². The van der Waals surface area contributed by atoms with E-state index in [0.717, 1.165) is 5.56 Å². The summed E-state index contributed by atoms with van der Waals surface area (Å²) in [6, 6.07) is 17.7. The van der Waals surface area contributed by atoms with Crippen LogP contribution in [0.1, 0.15) is 30.2 Å². The Balaban J connectivity index is 1.61. The minimum Gasteiger partial charge on any atom is -0.445 e. The Morgan fingerprint density at radius 1 is 1.11 bits per heavy atom. The number of nitrogens with zero attached hydrogens (tertiary/aromatic N) is 2. The number of aromatic nitrogens is 1. The van der Waals surface area contributed by atoms with E-state index in [4.69, 9.17) is 4.74 Å². The number of carbonyl (C=O) groups is 1. The van der Waals surface area contributed by atoms with Crippen LogP contribution in [0.25, 0.3) is 16.8 Å². The van der Waals surface area contributed by atoms with E-state index < -0.39 is 29.1 Å². The topological polar surface area (TPSA) is 42.4 Å². The van der Waals surface area contributed by atoms with E-state index in [1.807, 2.05) is 37.3 Å². The number of likely N-dealkylation sites (tertiary alicyclic amines) is 1. The number of ether oxygens (including phenoxy) is 1. The number of pyridine rings is 1. The Morgan fingerprint density at radius 3 is 2.46 bits per heavy atom. The first kappa shape index (κ1) is 24.4. The third-order valence-corrected chi connectivity index (χ3v) is 6.25. The lowest BCUT2D eigenvalue weighted by atomic mass is 9.81. The summed E-state index contributed by atoms with van der Waals surface area (Å²) in [7, 11) is 0. The molecule has 35 heavy (non-hydrogen) atoms. The van der Waals surface area contributed by atoms with Crippen LogP contribution in [0.3, 0.4) is 0 Å². The van der Waals surface area contributed by atoms with Crippen molar-refractivity contribution < 1.29 is 27.1 Å². The fraction of sp³-hybridized carbons (Fsp3) is 0.259. The van der Waals surface area contributed by atoms with E-state index in [9.17, 15) is 22.4 Å². The molecule has 182 valence electrons. The molecule has 1 saturated heterocycles. The average molecular weight is 484 g/mol. The number of amides is 1. The highest BCUT2D eigenvalue weighted by Crippen LogP contribution is 2.39. The molecule has 1 aliphatic rings. The Kier molecular flexibility index (Phi) is 6.65. The molecule has 0 radical (unpaired) electrons. The molecule has 8 heteroatoms. The van der Waals surface area contributed by atoms with E-state index >= 15 is 0 Å². The lowest BCUT2D eigenvalue weighted by Crippen LogP contribution is -2.33. The Labute approximate surface area is 200 Å². The molecule has 1 amide bonds. The Hall–Kier alpha value is -3.68. The van der Waals surface area contributed by atoms with Gasteiger partial charge in [0, 0.05) is 24.1 Å². The minimum absolute atomic E-state index is 0.131. The molecule has 1 fully saturated rings. The highest BCUT2D eigenvalue weighted by Gasteiger charge is 2.40. The number of hydrogen-bond donors (Lipinski definition) is 0. The number of allylic oxidation sites excluding steroid dienone is 1. The summed E-state index contributed by atoms with van der Waals surface area (Å²) >= 11 is 0. The van der Waals surface area contributed by atoms with Crippen LogP contribution in [-0.4, -0.2) is 35.2 Å². The Bertz CT molecular complexity index is 1230. The first-order chi connectivity index (χ1) is 16.5. The van der Waals surface area contributed by atoms with Crippen molar-refractivity contribution in [1.29, 1.82) is 0 Å². The van der Waals surface area contributed by atoms with Crippen LogP contribution in [0.5, 0.6) is 0 Å². The van der Waals surface area contributed by atoms with Crippen molar-refractivity contribution in [2.24, 2.45) is 0 Å². The van der Waals surface area contributed by atoms with Crippen molar-refractivity contribution in [3.8, 4) is 11.3 Å². The van der Waals surface area contributed by atoms with Gasteiger partial charge in [-0.25, -0.2) is 14.2 Å². The highest BCUT2D eigenvalue weighted by molar-refractivity contribution is 5.71. The maximum atomic E-state index is 13.5. The largest absolute Gasteiger partial charge is 0.445 e. The first-order valence-electron chi connectivity index (χ1n) is 11.1. The zero-order valence-corrected chi connectivity index (χ0v) is 19.1. The fourth-order valence-corrected chi connectivity index (χ4v) is 4.11. The Morgan fingerprint density at radius 2 is 1.80 bits per heavy atom. The average Bonchev–Trinajstić information content (AvgIpc) is 3.26. The van der Waals surface area contributed by atoms with Crippen molar-refractivity contribution >= 4 is 11.7 Å². The first-order valence-corrected chi connectivity index (χ1v) is 11.1. The van der Waals surface area contributed by atoms with Gasteiger partial charge in [0.15, 0.2) is 0 Å². The van der Waals surface area contributed by atoms with Gasteiger partial charge in [-0.05, 0) is 53.9 Å². The van der Waals surface area contributed by atoms with Crippen molar-refractivity contribution in [2.75, 3.05) is 13.1 Å². The summed E-state index contributed by atoms with van der Waals surface area (Å²) in [5.74, 6) is -0.461. The molecule has 2 heterocycles. The molecule has 1 aliphatic heterocycles. The van der Waals surface area contributed by atoms with Crippen LogP contribution >= 0.6 is 0 Å². The van der Waals surface area contributed by atoms with Crippen molar-refractivity contribution in [3.05, 3.63) is 95.9 Å². The third-order valence-electron chi connectivity index (χ3n) is 6.25. The molecule has 1 aromatic heterocycles. The fourth-order valence-electron chi connectivity index (χ4n) is 4.11. The predicted molar refractivity (Wildman–Crippen MR) is 125 cm³/mol. The lowest BCUT2D eigenvalue weighted by Gasteiger charge is -2.26. The van der Waals surface area contributed by atoms with E-state index in [0.29, 0.717) is 24.1 Å². The van der Waals surface area contributed by atoms with E-state index in [2.05, 4.69) is 11.6 Å². The zero-order valence-electron chi connectivity index (χ0n) is 19.1. The van der Waals surface area contributed by atoms with Crippen LogP contribution < -0.4 is 0 Å². The van der Waals surface area contributed by atoms with E-state index in [-0.39, 0.29) is 24.5 Å². The quantitative estimate of drug-likeness (QED) is 0.376. The van der Waals surface area contributed by atoms with E-state index in [1.165, 1.54) is 30.3 Å². The van der Waals surface area contributed by atoms with Gasteiger partial charge >= 0.3 is 12.3 Å². The number of hydrogen-bond acceptors (Lipinski definition) is 3. The molecule has 1 atom stereocenters. The van der Waals surface area contributed by atoms with Gasteiger partial charge in [-0.15, -0.1) is 0 Å². The minimum atomic E-state index is -4.66. The van der Waals surface area contributed by atoms with Crippen molar-refractivity contribution in [2.45, 2.75) is 31.5 Å². The van der Waals surface area contributed by atoms with Crippen LogP contribution in [-0.2, 0) is 16.8 Å². The van der Waals surface area contributed by atoms with Crippen LogP contribution in [0.15, 0.2) is 73.3 Å². The van der Waals surface area contributed by atoms with Gasteiger partial charge in [-0.3, -0.25) is 0 Å². The molecule has 1 unspecified atom stereocenters. The molecular weight excluding hydrogens is 460 g/mol. The monoisotopic (exact) mass is 484 g/mol. The van der Waals surface area contributed by atoms with Gasteiger partial charge in [0.1, 0.15) is 12.4 Å². The van der Waals surface area contributed by atoms with Crippen LogP contribution in [0, 0.1) is 5.82 Å². The van der Waals surface area contributed by atoms with Gasteiger partial charge in [0.05, 0.1) is 17.0 Å². The molecule has 4 nitrogen and oxygen atoms in total. The second-order valence-corrected chi connectivity index (χ2v) is 8.88. The molecule has 4 rings (SSSR count). The SMILES string of the molecule is C=C(c1cc(C2(C)CCN(C(=O)OCc3ccccc3)C2)cc(-c2ccc(F)cc2)n1)C(F)(F)F. The second kappa shape index (κ2) is 9.52. The number of carbonyl (C=O) groups excluding carboxylic acids is 1. The van der Waals surface area contributed by atoms with Crippen molar-refractivity contribution in [3.63, 3.8) is 0 Å². The molecular formula is C27H24F4N2O2. The van der Waals surface area contributed by atoms with Crippen molar-refractivity contribution in [1.82, 2.24) is 9.88 Å².